The van der Waals surface area contributed by atoms with Gasteiger partial charge in [-0.1, -0.05) is 133 Å². The monoisotopic (exact) mass is 886 g/mol. The molecule has 326 valence electrons. The summed E-state index contributed by atoms with van der Waals surface area (Å²) in [7, 11) is 0. The normalized spacial score (nSPS) is 12.5. The van der Waals surface area contributed by atoms with Crippen molar-refractivity contribution in [2.45, 2.75) is 5.41 Å². The zero-order chi connectivity index (χ0) is 45.7. The van der Waals surface area contributed by atoms with Crippen molar-refractivity contribution >= 4 is 56.3 Å². The first-order valence-corrected chi connectivity index (χ1v) is 23.2. The van der Waals surface area contributed by atoms with Crippen molar-refractivity contribution < 1.29 is 8.83 Å². The van der Waals surface area contributed by atoms with Crippen molar-refractivity contribution in [3.8, 4) is 34.0 Å². The van der Waals surface area contributed by atoms with E-state index < -0.39 is 5.41 Å². The summed E-state index contributed by atoms with van der Waals surface area (Å²) >= 11 is 0. The summed E-state index contributed by atoms with van der Waals surface area (Å²) in [5.41, 5.74) is 17.8. The highest BCUT2D eigenvalue weighted by atomic mass is 16.4. The molecule has 0 unspecified atom stereocenters. The molecule has 13 rings (SSSR count). The molecule has 0 saturated carbocycles. The van der Waals surface area contributed by atoms with Crippen LogP contribution in [0.1, 0.15) is 22.3 Å². The van der Waals surface area contributed by atoms with Gasteiger partial charge in [-0.2, -0.15) is 0 Å². The van der Waals surface area contributed by atoms with Crippen LogP contribution in [0.15, 0.2) is 264 Å². The number of nitrogens with zero attached hydrogens (tertiary/aromatic N) is 4. The predicted molar refractivity (Wildman–Crippen MR) is 279 cm³/mol. The number of rotatable bonds is 10. The minimum atomic E-state index is -0.683. The Morgan fingerprint density at radius 2 is 0.638 bits per heavy atom. The Bertz CT molecular complexity index is 3460. The van der Waals surface area contributed by atoms with Gasteiger partial charge in [0.05, 0.1) is 5.41 Å². The number of benzene rings is 10. The van der Waals surface area contributed by atoms with Crippen molar-refractivity contribution in [1.29, 1.82) is 0 Å². The Hall–Kier alpha value is -9.26. The van der Waals surface area contributed by atoms with E-state index in [0.717, 1.165) is 67.5 Å². The third kappa shape index (κ3) is 6.80. The molecule has 0 saturated heterocycles. The Morgan fingerprint density at radius 1 is 0.304 bits per heavy atom. The molecule has 1 aliphatic carbocycles. The lowest BCUT2D eigenvalue weighted by Crippen LogP contribution is -2.29. The molecule has 0 bridgehead atoms. The summed E-state index contributed by atoms with van der Waals surface area (Å²) in [6.07, 6.45) is 0. The fourth-order valence-electron chi connectivity index (χ4n) is 10.3. The van der Waals surface area contributed by atoms with Gasteiger partial charge in [-0.3, -0.25) is 0 Å². The van der Waals surface area contributed by atoms with Crippen molar-refractivity contribution in [2.24, 2.45) is 0 Å². The second-order valence-corrected chi connectivity index (χ2v) is 17.4. The highest BCUT2D eigenvalue weighted by molar-refractivity contribution is 5.92. The van der Waals surface area contributed by atoms with Crippen LogP contribution in [0.2, 0.25) is 0 Å². The zero-order valence-corrected chi connectivity index (χ0v) is 37.4. The van der Waals surface area contributed by atoms with Crippen LogP contribution in [0, 0.1) is 0 Å². The number of para-hydroxylation sites is 6. The van der Waals surface area contributed by atoms with Gasteiger partial charge in [-0.05, 0) is 155 Å². The van der Waals surface area contributed by atoms with Gasteiger partial charge in [0.15, 0.2) is 11.2 Å². The van der Waals surface area contributed by atoms with Crippen LogP contribution in [-0.2, 0) is 5.41 Å². The lowest BCUT2D eigenvalue weighted by Gasteiger charge is -2.35. The number of hydrogen-bond donors (Lipinski definition) is 0. The molecule has 1 aliphatic rings. The first-order chi connectivity index (χ1) is 34.2. The summed E-state index contributed by atoms with van der Waals surface area (Å²) in [4.78, 5) is 14.3. The second-order valence-electron chi connectivity index (χ2n) is 17.4. The molecule has 0 radical (unpaired) electrons. The van der Waals surface area contributed by atoms with Crippen LogP contribution in [0.3, 0.4) is 0 Å². The van der Waals surface area contributed by atoms with E-state index in [1.165, 1.54) is 33.4 Å². The van der Waals surface area contributed by atoms with E-state index in [1.807, 2.05) is 48.5 Å². The topological polar surface area (TPSA) is 58.5 Å². The largest absolute Gasteiger partial charge is 0.436 e. The molecule has 10 aromatic carbocycles. The van der Waals surface area contributed by atoms with Gasteiger partial charge in [0, 0.05) is 45.3 Å². The molecule has 2 aromatic heterocycles. The molecule has 69 heavy (non-hydrogen) atoms. The van der Waals surface area contributed by atoms with Gasteiger partial charge in [-0.25, -0.2) is 9.97 Å². The number of oxazole rings is 2. The molecule has 6 nitrogen and oxygen atoms in total. The van der Waals surface area contributed by atoms with Crippen LogP contribution < -0.4 is 9.80 Å². The van der Waals surface area contributed by atoms with Crippen molar-refractivity contribution in [1.82, 2.24) is 9.97 Å². The molecule has 0 amide bonds. The molecule has 6 heteroatoms. The van der Waals surface area contributed by atoms with Crippen LogP contribution in [0.5, 0.6) is 0 Å². The number of fused-ring (bicyclic) bond motifs is 5. The van der Waals surface area contributed by atoms with Gasteiger partial charge in [-0.15, -0.1) is 0 Å². The summed E-state index contributed by atoms with van der Waals surface area (Å²) in [6.45, 7) is 0. The van der Waals surface area contributed by atoms with E-state index in [4.69, 9.17) is 18.8 Å². The molecule has 12 aromatic rings. The fourth-order valence-corrected chi connectivity index (χ4v) is 10.3. The van der Waals surface area contributed by atoms with Gasteiger partial charge >= 0.3 is 0 Å². The van der Waals surface area contributed by atoms with E-state index >= 15 is 0 Å². The van der Waals surface area contributed by atoms with Crippen molar-refractivity contribution in [3.05, 3.63) is 277 Å². The standard InChI is InChI=1S/C63H42N4O2/c1-5-17-45(18-6-1)63(46-19-7-2-8-20-46)55-41-51(66(47-21-9-3-10-22-47)49-33-29-43(30-34-49)61-64-57-25-13-15-27-59(57)68-61)37-39-53(55)54-40-38-52(42-56(54)63)67(48-23-11-4-12-24-48)50-35-31-44(32-36-50)62-65-58-26-14-16-28-60(58)69-62/h1-42H. The molecule has 0 aliphatic heterocycles. The Morgan fingerprint density at radius 3 is 1.03 bits per heavy atom. The third-order valence-corrected chi connectivity index (χ3v) is 13.4. The summed E-state index contributed by atoms with van der Waals surface area (Å²) < 4.78 is 12.4. The number of aromatic nitrogens is 2. The predicted octanol–water partition coefficient (Wildman–Crippen LogP) is 16.6. The molecule has 0 atom stereocenters. The van der Waals surface area contributed by atoms with Gasteiger partial charge < -0.3 is 18.6 Å². The van der Waals surface area contributed by atoms with E-state index in [1.54, 1.807) is 0 Å². The first kappa shape index (κ1) is 40.1. The lowest BCUT2D eigenvalue weighted by atomic mass is 9.67. The molecule has 0 N–H and O–H groups in total. The quantitative estimate of drug-likeness (QED) is 0.136. The van der Waals surface area contributed by atoms with Crippen molar-refractivity contribution in [2.75, 3.05) is 9.80 Å². The van der Waals surface area contributed by atoms with E-state index in [0.29, 0.717) is 11.8 Å². The highest BCUT2D eigenvalue weighted by Gasteiger charge is 2.47. The zero-order valence-electron chi connectivity index (χ0n) is 37.4. The van der Waals surface area contributed by atoms with Crippen LogP contribution >= 0.6 is 0 Å². The van der Waals surface area contributed by atoms with Crippen molar-refractivity contribution in [3.63, 3.8) is 0 Å². The maximum absolute atomic E-state index is 6.18. The van der Waals surface area contributed by atoms with E-state index in [2.05, 4.69) is 216 Å². The molecular formula is C63H42N4O2. The fraction of sp³-hybridized carbons (Fsp3) is 0.0159. The maximum atomic E-state index is 6.18. The minimum absolute atomic E-state index is 0.599. The molecule has 2 heterocycles. The Kier molecular flexibility index (Phi) is 9.61. The van der Waals surface area contributed by atoms with Crippen LogP contribution in [-0.4, -0.2) is 9.97 Å². The third-order valence-electron chi connectivity index (χ3n) is 13.4. The van der Waals surface area contributed by atoms with E-state index in [9.17, 15) is 0 Å². The van der Waals surface area contributed by atoms with Gasteiger partial charge in [0.2, 0.25) is 11.8 Å². The number of hydrogen-bond acceptors (Lipinski definition) is 6. The molecule has 0 spiro atoms. The SMILES string of the molecule is c1ccc(N(c2ccc(-c3nc4ccccc4o3)cc2)c2ccc3c(c2)C(c2ccccc2)(c2ccccc2)c2cc(N(c4ccccc4)c4ccc(-c5nc6ccccc6o5)cc4)ccc2-3)cc1. The van der Waals surface area contributed by atoms with E-state index in [-0.39, 0.29) is 0 Å². The average molecular weight is 887 g/mol. The average Bonchev–Trinajstić information content (AvgIpc) is 4.14. The Labute approximate surface area is 399 Å². The summed E-state index contributed by atoms with van der Waals surface area (Å²) in [5, 5.41) is 0. The Balaban J connectivity index is 0.976. The minimum Gasteiger partial charge on any atom is -0.436 e. The lowest BCUT2D eigenvalue weighted by molar-refractivity contribution is 0.619. The number of anilines is 6. The van der Waals surface area contributed by atoms with Gasteiger partial charge in [0.1, 0.15) is 11.0 Å². The summed E-state index contributed by atoms with van der Waals surface area (Å²) in [6, 6.07) is 90.0. The van der Waals surface area contributed by atoms with Crippen LogP contribution in [0.25, 0.3) is 56.2 Å². The second kappa shape index (κ2) is 16.6. The smallest absolute Gasteiger partial charge is 0.227 e. The molecular weight excluding hydrogens is 845 g/mol. The first-order valence-electron chi connectivity index (χ1n) is 23.2. The maximum Gasteiger partial charge on any atom is 0.227 e. The van der Waals surface area contributed by atoms with Gasteiger partial charge in [0.25, 0.3) is 0 Å². The molecule has 0 fully saturated rings. The highest BCUT2D eigenvalue weighted by Crippen LogP contribution is 2.58. The van der Waals surface area contributed by atoms with Crippen LogP contribution in [0.4, 0.5) is 34.1 Å². The summed E-state index contributed by atoms with van der Waals surface area (Å²) in [5.74, 6) is 1.20.